The van der Waals surface area contributed by atoms with Crippen molar-refractivity contribution in [3.8, 4) is 11.5 Å². The van der Waals surface area contributed by atoms with Gasteiger partial charge in [0.05, 0.1) is 14.2 Å². The molecule has 5 heteroatoms. The largest absolute Gasteiger partial charge is 0.493 e. The van der Waals surface area contributed by atoms with Crippen molar-refractivity contribution in [2.24, 2.45) is 5.92 Å². The van der Waals surface area contributed by atoms with Crippen LogP contribution in [0, 0.1) is 5.92 Å². The molecule has 2 aromatic carbocycles. The molecule has 2 aliphatic rings. The fourth-order valence-corrected chi connectivity index (χ4v) is 4.55. The van der Waals surface area contributed by atoms with Crippen molar-refractivity contribution in [1.82, 2.24) is 5.32 Å². The number of methoxy groups -OCH3 is 2. The summed E-state index contributed by atoms with van der Waals surface area (Å²) in [4.78, 5) is 25.2. The number of ether oxygens (including phenoxy) is 2. The first-order valence-electron chi connectivity index (χ1n) is 11.2. The van der Waals surface area contributed by atoms with Crippen LogP contribution in [0.5, 0.6) is 11.5 Å². The lowest BCUT2D eigenvalue weighted by molar-refractivity contribution is 0.0918. The van der Waals surface area contributed by atoms with Crippen molar-refractivity contribution in [2.75, 3.05) is 14.2 Å². The zero-order valence-corrected chi connectivity index (χ0v) is 18.4. The van der Waals surface area contributed by atoms with Crippen molar-refractivity contribution in [3.63, 3.8) is 0 Å². The average Bonchev–Trinajstić information content (AvgIpc) is 3.63. The molecular weight excluding hydrogens is 390 g/mol. The smallest absolute Gasteiger partial charge is 0.251 e. The Labute approximate surface area is 184 Å². The first-order valence-corrected chi connectivity index (χ1v) is 11.2. The number of amides is 1. The van der Waals surface area contributed by atoms with Crippen LogP contribution in [0.3, 0.4) is 0 Å². The predicted octanol–water partition coefficient (Wildman–Crippen LogP) is 5.14. The van der Waals surface area contributed by atoms with Gasteiger partial charge in [-0.25, -0.2) is 0 Å². The van der Waals surface area contributed by atoms with Crippen molar-refractivity contribution in [1.29, 1.82) is 0 Å². The molecule has 2 fully saturated rings. The summed E-state index contributed by atoms with van der Waals surface area (Å²) < 4.78 is 10.8. The number of hydrogen-bond donors (Lipinski definition) is 1. The van der Waals surface area contributed by atoms with Gasteiger partial charge in [0.1, 0.15) is 0 Å². The molecule has 1 N–H and O–H groups in total. The minimum atomic E-state index is -0.0847. The molecule has 0 saturated heterocycles. The highest BCUT2D eigenvalue weighted by molar-refractivity contribution is 5.99. The van der Waals surface area contributed by atoms with E-state index in [1.54, 1.807) is 38.5 Å². The Bertz CT molecular complexity index is 933. The van der Waals surface area contributed by atoms with Crippen molar-refractivity contribution >= 4 is 11.7 Å². The number of carbonyl (C=O) groups excluding carboxylic acids is 2. The maximum atomic E-state index is 12.9. The lowest BCUT2D eigenvalue weighted by Gasteiger charge is -2.33. The summed E-state index contributed by atoms with van der Waals surface area (Å²) in [5.41, 5.74) is 2.45. The predicted molar refractivity (Wildman–Crippen MR) is 120 cm³/mol. The summed E-state index contributed by atoms with van der Waals surface area (Å²) in [5.74, 6) is 2.31. The molecule has 4 rings (SSSR count). The molecule has 0 aliphatic heterocycles. The fraction of sp³-hybridized carbons (Fsp3) is 0.462. The summed E-state index contributed by atoms with van der Waals surface area (Å²) in [7, 11) is 3.27. The maximum absolute atomic E-state index is 12.9. The van der Waals surface area contributed by atoms with Gasteiger partial charge in [-0.1, -0.05) is 31.0 Å². The van der Waals surface area contributed by atoms with Gasteiger partial charge in [-0.2, -0.15) is 0 Å². The van der Waals surface area contributed by atoms with Crippen LogP contribution in [0.25, 0.3) is 0 Å². The van der Waals surface area contributed by atoms with Crippen LogP contribution in [0.15, 0.2) is 42.5 Å². The second-order valence-corrected chi connectivity index (χ2v) is 8.73. The molecule has 0 aromatic heterocycles. The minimum Gasteiger partial charge on any atom is -0.493 e. The van der Waals surface area contributed by atoms with Gasteiger partial charge in [0.2, 0.25) is 0 Å². The van der Waals surface area contributed by atoms with Crippen LogP contribution in [0.4, 0.5) is 0 Å². The van der Waals surface area contributed by atoms with Crippen LogP contribution in [-0.2, 0) is 0 Å². The molecule has 1 amide bonds. The number of rotatable bonds is 8. The molecule has 0 radical (unpaired) electrons. The monoisotopic (exact) mass is 421 g/mol. The van der Waals surface area contributed by atoms with Gasteiger partial charge in [0.15, 0.2) is 17.3 Å². The fourth-order valence-electron chi connectivity index (χ4n) is 4.55. The Morgan fingerprint density at radius 1 is 0.871 bits per heavy atom. The summed E-state index contributed by atoms with van der Waals surface area (Å²) in [6, 6.07) is 13.2. The number of hydrogen-bond acceptors (Lipinski definition) is 4. The Kier molecular flexibility index (Phi) is 6.59. The van der Waals surface area contributed by atoms with E-state index >= 15 is 0 Å². The molecule has 164 valence electrons. The third-order valence-electron chi connectivity index (χ3n) is 6.56. The summed E-state index contributed by atoms with van der Waals surface area (Å²) in [5, 5.41) is 3.24. The van der Waals surface area contributed by atoms with Crippen LogP contribution in [0.2, 0.25) is 0 Å². The highest BCUT2D eigenvalue weighted by Gasteiger charge is 2.29. The maximum Gasteiger partial charge on any atom is 0.251 e. The summed E-state index contributed by atoms with van der Waals surface area (Å²) in [6.07, 6.45) is 7.16. The zero-order valence-electron chi connectivity index (χ0n) is 18.4. The first-order chi connectivity index (χ1) is 15.1. The molecule has 0 spiro atoms. The van der Waals surface area contributed by atoms with Gasteiger partial charge < -0.3 is 14.8 Å². The summed E-state index contributed by atoms with van der Waals surface area (Å²) >= 11 is 0. The third-order valence-corrected chi connectivity index (χ3v) is 6.56. The Hall–Kier alpha value is -2.82. The molecule has 31 heavy (non-hydrogen) atoms. The molecule has 5 nitrogen and oxygen atoms in total. The average molecular weight is 422 g/mol. The number of carbonyl (C=O) groups is 2. The second kappa shape index (κ2) is 9.54. The van der Waals surface area contributed by atoms with Gasteiger partial charge in [-0.05, 0) is 61.4 Å². The Morgan fingerprint density at radius 3 is 2.23 bits per heavy atom. The lowest BCUT2D eigenvalue weighted by atomic mass is 9.79. The standard InChI is InChI=1S/C26H31NO4/c1-30-24-14-13-20(16-25(24)31-2)21-5-3-4-6-22(21)27-26(29)19-11-9-18(10-12-19)23(28)15-17-7-8-17/h9-14,16-17,21-22H,3-8,15H2,1-2H3,(H,27,29). The molecule has 2 aliphatic carbocycles. The SMILES string of the molecule is COc1ccc(C2CCCCC2NC(=O)c2ccc(C(=O)CC3CC3)cc2)cc1OC. The van der Waals surface area contributed by atoms with E-state index in [-0.39, 0.29) is 23.7 Å². The molecule has 2 unspecified atom stereocenters. The van der Waals surface area contributed by atoms with Crippen LogP contribution in [-0.4, -0.2) is 32.0 Å². The van der Waals surface area contributed by atoms with Gasteiger partial charge >= 0.3 is 0 Å². The molecule has 2 atom stereocenters. The van der Waals surface area contributed by atoms with Crippen LogP contribution in [0.1, 0.15) is 77.1 Å². The number of ketones is 1. The van der Waals surface area contributed by atoms with Crippen molar-refractivity contribution in [3.05, 3.63) is 59.2 Å². The minimum absolute atomic E-state index is 0.0653. The van der Waals surface area contributed by atoms with E-state index < -0.39 is 0 Å². The first kappa shape index (κ1) is 21.4. The highest BCUT2D eigenvalue weighted by Crippen LogP contribution is 2.37. The lowest BCUT2D eigenvalue weighted by Crippen LogP contribution is -2.41. The molecule has 0 heterocycles. The van der Waals surface area contributed by atoms with E-state index in [4.69, 9.17) is 9.47 Å². The third kappa shape index (κ3) is 5.09. The van der Waals surface area contributed by atoms with Gasteiger partial charge in [-0.3, -0.25) is 9.59 Å². The number of Topliss-reactive ketones (excluding diaryl/α,β-unsaturated/α-hetero) is 1. The van der Waals surface area contributed by atoms with E-state index in [2.05, 4.69) is 11.4 Å². The zero-order chi connectivity index (χ0) is 21.8. The molecular formula is C26H31NO4. The molecule has 0 bridgehead atoms. The van der Waals surface area contributed by atoms with Crippen molar-refractivity contribution in [2.45, 2.75) is 56.9 Å². The number of benzene rings is 2. The quantitative estimate of drug-likeness (QED) is 0.599. The highest BCUT2D eigenvalue weighted by atomic mass is 16.5. The van der Waals surface area contributed by atoms with Crippen LogP contribution >= 0.6 is 0 Å². The summed E-state index contributed by atoms with van der Waals surface area (Å²) in [6.45, 7) is 0. The van der Waals surface area contributed by atoms with E-state index in [1.807, 2.05) is 12.1 Å². The van der Waals surface area contributed by atoms with E-state index in [9.17, 15) is 9.59 Å². The van der Waals surface area contributed by atoms with E-state index in [1.165, 1.54) is 0 Å². The van der Waals surface area contributed by atoms with Crippen LogP contribution < -0.4 is 14.8 Å². The van der Waals surface area contributed by atoms with Gasteiger partial charge in [0, 0.05) is 29.5 Å². The Balaban J connectivity index is 1.45. The Morgan fingerprint density at radius 2 is 1.55 bits per heavy atom. The second-order valence-electron chi connectivity index (χ2n) is 8.73. The normalized spacial score (nSPS) is 20.7. The van der Waals surface area contributed by atoms with Gasteiger partial charge in [0.25, 0.3) is 5.91 Å². The molecule has 2 aromatic rings. The number of nitrogens with one attached hydrogen (secondary N) is 1. The topological polar surface area (TPSA) is 64.6 Å². The van der Waals surface area contributed by atoms with E-state index in [0.29, 0.717) is 35.0 Å². The molecule has 2 saturated carbocycles. The van der Waals surface area contributed by atoms with Crippen molar-refractivity contribution < 1.29 is 19.1 Å². The van der Waals surface area contributed by atoms with Gasteiger partial charge in [-0.15, -0.1) is 0 Å². The van der Waals surface area contributed by atoms with E-state index in [0.717, 1.165) is 44.1 Å².